The van der Waals surface area contributed by atoms with Crippen molar-refractivity contribution in [1.82, 2.24) is 10.3 Å². The minimum Gasteiger partial charge on any atom is -0.392 e. The van der Waals surface area contributed by atoms with E-state index in [9.17, 15) is 9.90 Å². The van der Waals surface area contributed by atoms with Gasteiger partial charge in [0.2, 0.25) is 5.91 Å². The number of hydrazine groups is 1. The van der Waals surface area contributed by atoms with Crippen LogP contribution in [0, 0.1) is 5.41 Å². The molecule has 0 aromatic heterocycles. The first-order chi connectivity index (χ1) is 6.45. The highest BCUT2D eigenvalue weighted by atomic mass is 16.3. The predicted molar refractivity (Wildman–Crippen MR) is 53.2 cm³/mol. The second-order valence-electron chi connectivity index (χ2n) is 4.53. The Morgan fingerprint density at radius 1 is 1.71 bits per heavy atom. The van der Waals surface area contributed by atoms with E-state index in [1.165, 1.54) is 0 Å². The summed E-state index contributed by atoms with van der Waals surface area (Å²) in [5.41, 5.74) is 1.66. The first-order valence-electron chi connectivity index (χ1n) is 4.87. The van der Waals surface area contributed by atoms with Crippen molar-refractivity contribution >= 4 is 5.91 Å². The van der Waals surface area contributed by atoms with Crippen LogP contribution < -0.4 is 11.3 Å². The highest BCUT2D eigenvalue weighted by Crippen LogP contribution is 2.20. The Bertz CT molecular complexity index is 218. The number of carbonyl (C=O) groups excluding carboxylic acids is 1. The maximum atomic E-state index is 11.4. The first-order valence-corrected chi connectivity index (χ1v) is 4.87. The quantitative estimate of drug-likeness (QED) is 0.313. The van der Waals surface area contributed by atoms with E-state index in [1.807, 2.05) is 13.8 Å². The molecule has 0 spiro atoms. The Labute approximate surface area is 84.2 Å². The number of likely N-dealkylation sites (tertiary alicyclic amines) is 1. The zero-order valence-corrected chi connectivity index (χ0v) is 8.79. The topological polar surface area (TPSA) is 78.6 Å². The van der Waals surface area contributed by atoms with Crippen LogP contribution in [0.2, 0.25) is 0 Å². The van der Waals surface area contributed by atoms with Gasteiger partial charge in [-0.3, -0.25) is 15.1 Å². The number of nitrogens with zero attached hydrogens (tertiary/aromatic N) is 1. The van der Waals surface area contributed by atoms with Gasteiger partial charge in [-0.1, -0.05) is 0 Å². The molecule has 1 aliphatic heterocycles. The summed E-state index contributed by atoms with van der Waals surface area (Å²) in [5, 5.41) is 9.33. The number of carbonyl (C=O) groups is 1. The lowest BCUT2D eigenvalue weighted by molar-refractivity contribution is -0.130. The van der Waals surface area contributed by atoms with Crippen molar-refractivity contribution in [3.05, 3.63) is 0 Å². The number of nitrogens with two attached hydrogens (primary N) is 1. The number of hydrogen-bond acceptors (Lipinski definition) is 4. The van der Waals surface area contributed by atoms with Crippen molar-refractivity contribution in [1.29, 1.82) is 0 Å². The summed E-state index contributed by atoms with van der Waals surface area (Å²) in [6, 6.07) is 0. The van der Waals surface area contributed by atoms with E-state index in [1.54, 1.807) is 0 Å². The lowest BCUT2D eigenvalue weighted by Crippen LogP contribution is -2.47. The van der Waals surface area contributed by atoms with Crippen molar-refractivity contribution < 1.29 is 9.90 Å². The summed E-state index contributed by atoms with van der Waals surface area (Å²) in [6.45, 7) is 5.83. The summed E-state index contributed by atoms with van der Waals surface area (Å²) >= 11 is 0. The van der Waals surface area contributed by atoms with Crippen LogP contribution in [0.25, 0.3) is 0 Å². The van der Waals surface area contributed by atoms with Gasteiger partial charge in [0.15, 0.2) is 0 Å². The van der Waals surface area contributed by atoms with Gasteiger partial charge < -0.3 is 5.11 Å². The lowest BCUT2D eigenvalue weighted by atomic mass is 9.92. The molecule has 0 bridgehead atoms. The molecule has 0 saturated carbocycles. The fourth-order valence-electron chi connectivity index (χ4n) is 1.78. The number of aliphatic hydroxyl groups is 1. The minimum absolute atomic E-state index is 0.168. The van der Waals surface area contributed by atoms with Crippen molar-refractivity contribution in [3.63, 3.8) is 0 Å². The van der Waals surface area contributed by atoms with Crippen LogP contribution >= 0.6 is 0 Å². The zero-order chi connectivity index (χ0) is 10.8. The summed E-state index contributed by atoms with van der Waals surface area (Å²) in [6.07, 6.45) is 0.548. The molecule has 14 heavy (non-hydrogen) atoms. The van der Waals surface area contributed by atoms with E-state index in [4.69, 9.17) is 5.84 Å². The Morgan fingerprint density at radius 3 is 2.79 bits per heavy atom. The van der Waals surface area contributed by atoms with E-state index in [0.29, 0.717) is 13.1 Å². The first kappa shape index (κ1) is 11.4. The molecule has 1 atom stereocenters. The van der Waals surface area contributed by atoms with Crippen LogP contribution in [-0.2, 0) is 4.79 Å². The Balaban J connectivity index is 2.46. The Kier molecular flexibility index (Phi) is 3.47. The van der Waals surface area contributed by atoms with Crippen molar-refractivity contribution in [2.24, 2.45) is 11.3 Å². The summed E-state index contributed by atoms with van der Waals surface area (Å²) < 4.78 is 0. The van der Waals surface area contributed by atoms with Crippen molar-refractivity contribution in [2.75, 3.05) is 19.6 Å². The van der Waals surface area contributed by atoms with Crippen LogP contribution in [0.4, 0.5) is 0 Å². The number of nitrogens with one attached hydrogen (secondary N) is 1. The van der Waals surface area contributed by atoms with Gasteiger partial charge >= 0.3 is 0 Å². The normalized spacial score (nSPS) is 23.9. The van der Waals surface area contributed by atoms with Gasteiger partial charge in [-0.2, -0.15) is 0 Å². The standard InChI is InChI=1S/C9H19N3O2/c1-9(2,8(14)11-10)6-12-4-3-7(13)5-12/h7,13H,3-6,10H2,1-2H3,(H,11,14). The number of hydrogen-bond donors (Lipinski definition) is 3. The third-order valence-corrected chi connectivity index (χ3v) is 2.61. The molecule has 0 aliphatic carbocycles. The summed E-state index contributed by atoms with van der Waals surface area (Å²) in [5.74, 6) is 4.92. The van der Waals surface area contributed by atoms with Crippen LogP contribution in [0.3, 0.4) is 0 Å². The van der Waals surface area contributed by atoms with Gasteiger partial charge in [0.05, 0.1) is 11.5 Å². The van der Waals surface area contributed by atoms with E-state index in [0.717, 1.165) is 13.0 Å². The molecule has 0 aromatic rings. The van der Waals surface area contributed by atoms with E-state index < -0.39 is 5.41 Å². The predicted octanol–water partition coefficient (Wildman–Crippen LogP) is -0.931. The highest BCUT2D eigenvalue weighted by Gasteiger charge is 2.32. The van der Waals surface area contributed by atoms with Crippen molar-refractivity contribution in [3.8, 4) is 0 Å². The molecule has 1 saturated heterocycles. The third kappa shape index (κ3) is 2.67. The molecule has 1 unspecified atom stereocenters. The van der Waals surface area contributed by atoms with Crippen molar-refractivity contribution in [2.45, 2.75) is 26.4 Å². The smallest absolute Gasteiger partial charge is 0.240 e. The maximum Gasteiger partial charge on any atom is 0.240 e. The van der Waals surface area contributed by atoms with Crippen LogP contribution in [-0.4, -0.2) is 41.7 Å². The lowest BCUT2D eigenvalue weighted by Gasteiger charge is -2.27. The SMILES string of the molecule is CC(C)(CN1CCC(O)C1)C(=O)NN. The molecule has 1 fully saturated rings. The maximum absolute atomic E-state index is 11.4. The Hall–Kier alpha value is -0.650. The van der Waals surface area contributed by atoms with Gasteiger partial charge in [-0.05, 0) is 20.3 Å². The molecule has 1 amide bonds. The molecule has 1 heterocycles. The van der Waals surface area contributed by atoms with Gasteiger partial charge in [0, 0.05) is 19.6 Å². The second-order valence-corrected chi connectivity index (χ2v) is 4.53. The van der Waals surface area contributed by atoms with Crippen LogP contribution in [0.15, 0.2) is 0 Å². The highest BCUT2D eigenvalue weighted by molar-refractivity contribution is 5.81. The number of aliphatic hydroxyl groups excluding tert-OH is 1. The van der Waals surface area contributed by atoms with Crippen LogP contribution in [0.5, 0.6) is 0 Å². The molecular weight excluding hydrogens is 182 g/mol. The Morgan fingerprint density at radius 2 is 2.36 bits per heavy atom. The van der Waals surface area contributed by atoms with Gasteiger partial charge in [0.25, 0.3) is 0 Å². The third-order valence-electron chi connectivity index (χ3n) is 2.61. The van der Waals surface area contributed by atoms with E-state index in [2.05, 4.69) is 10.3 Å². The molecule has 1 rings (SSSR count). The molecule has 0 aromatic carbocycles. The number of rotatable bonds is 3. The van der Waals surface area contributed by atoms with E-state index >= 15 is 0 Å². The fraction of sp³-hybridized carbons (Fsp3) is 0.889. The average molecular weight is 201 g/mol. The molecule has 0 radical (unpaired) electrons. The molecule has 5 nitrogen and oxygen atoms in total. The summed E-state index contributed by atoms with van der Waals surface area (Å²) in [7, 11) is 0. The number of β-amino-alcohol motifs (C(OH)–C–C–N with tert-alkyl or cyclic N) is 1. The van der Waals surface area contributed by atoms with Crippen LogP contribution in [0.1, 0.15) is 20.3 Å². The molecular formula is C9H19N3O2. The zero-order valence-electron chi connectivity index (χ0n) is 8.79. The second kappa shape index (κ2) is 4.25. The van der Waals surface area contributed by atoms with Gasteiger partial charge in [0.1, 0.15) is 0 Å². The monoisotopic (exact) mass is 201 g/mol. The fourth-order valence-corrected chi connectivity index (χ4v) is 1.78. The van der Waals surface area contributed by atoms with Gasteiger partial charge in [-0.25, -0.2) is 5.84 Å². The molecule has 5 heteroatoms. The number of amides is 1. The summed E-state index contributed by atoms with van der Waals surface area (Å²) in [4.78, 5) is 13.5. The van der Waals surface area contributed by atoms with Gasteiger partial charge in [-0.15, -0.1) is 0 Å². The minimum atomic E-state index is -0.501. The largest absolute Gasteiger partial charge is 0.392 e. The molecule has 82 valence electrons. The average Bonchev–Trinajstić information content (AvgIpc) is 2.48. The molecule has 1 aliphatic rings. The molecule has 4 N–H and O–H groups in total. The van der Waals surface area contributed by atoms with E-state index in [-0.39, 0.29) is 12.0 Å².